The maximum atomic E-state index is 15.1. The van der Waals surface area contributed by atoms with E-state index in [2.05, 4.69) is 6.92 Å². The van der Waals surface area contributed by atoms with Crippen LogP contribution in [0, 0.1) is 52.4 Å². The molecule has 0 N–H and O–H groups in total. The number of nitriles is 1. The monoisotopic (exact) mass is 529 g/mol. The Hall–Kier alpha value is -2.88. The lowest BCUT2D eigenvalue weighted by molar-refractivity contribution is 0.0732. The van der Waals surface area contributed by atoms with Crippen molar-refractivity contribution in [3.63, 3.8) is 0 Å². The molecule has 0 aromatic heterocycles. The molecule has 4 rings (SSSR count). The van der Waals surface area contributed by atoms with Crippen molar-refractivity contribution in [1.29, 1.82) is 5.26 Å². The zero-order chi connectivity index (χ0) is 27.2. The van der Waals surface area contributed by atoms with Gasteiger partial charge < -0.3 is 4.74 Å². The van der Waals surface area contributed by atoms with Gasteiger partial charge >= 0.3 is 5.97 Å². The number of hydrogen-bond donors (Lipinski definition) is 0. The number of fused-ring (bicyclic) bond motifs is 1. The van der Waals surface area contributed by atoms with E-state index >= 15 is 8.78 Å². The van der Waals surface area contributed by atoms with Crippen LogP contribution in [0.3, 0.4) is 0 Å². The third-order valence-electron chi connectivity index (χ3n) is 8.50. The van der Waals surface area contributed by atoms with Crippen molar-refractivity contribution in [2.24, 2.45) is 17.8 Å². The number of esters is 1. The molecule has 2 aromatic carbocycles. The van der Waals surface area contributed by atoms with Crippen molar-refractivity contribution >= 4 is 5.97 Å². The number of rotatable bonds is 9. The summed E-state index contributed by atoms with van der Waals surface area (Å²) in [5.41, 5.74) is -1.19. The molecule has 2 aromatic rings. The Labute approximate surface area is 222 Å². The Morgan fingerprint density at radius 3 is 2.16 bits per heavy atom. The molecular formula is C31H35F4NO2. The van der Waals surface area contributed by atoms with Gasteiger partial charge in [0, 0.05) is 17.7 Å². The normalized spacial score (nSPS) is 22.9. The van der Waals surface area contributed by atoms with Gasteiger partial charge in [-0.1, -0.05) is 51.9 Å². The quantitative estimate of drug-likeness (QED) is 0.141. The third kappa shape index (κ3) is 6.57. The van der Waals surface area contributed by atoms with E-state index in [1.165, 1.54) is 57.4 Å². The summed E-state index contributed by atoms with van der Waals surface area (Å²) in [7, 11) is 0. The van der Waals surface area contributed by atoms with E-state index in [-0.39, 0.29) is 17.0 Å². The number of benzene rings is 2. The van der Waals surface area contributed by atoms with Crippen LogP contribution in [0.5, 0.6) is 5.75 Å². The summed E-state index contributed by atoms with van der Waals surface area (Å²) >= 11 is 0. The first kappa shape index (κ1) is 28.1. The molecule has 2 aliphatic rings. The van der Waals surface area contributed by atoms with Crippen LogP contribution in [0.1, 0.15) is 111 Å². The van der Waals surface area contributed by atoms with Gasteiger partial charge in [-0.05, 0) is 67.9 Å². The highest BCUT2D eigenvalue weighted by Gasteiger charge is 2.37. The van der Waals surface area contributed by atoms with Gasteiger partial charge in [0.25, 0.3) is 0 Å². The lowest BCUT2D eigenvalue weighted by atomic mass is 9.63. The van der Waals surface area contributed by atoms with Crippen LogP contribution in [-0.4, -0.2) is 5.97 Å². The van der Waals surface area contributed by atoms with Crippen LogP contribution in [0.25, 0.3) is 0 Å². The number of halogens is 4. The van der Waals surface area contributed by atoms with Crippen LogP contribution < -0.4 is 4.74 Å². The second-order valence-electron chi connectivity index (χ2n) is 11.0. The second-order valence-corrected chi connectivity index (χ2v) is 11.0. The zero-order valence-corrected chi connectivity index (χ0v) is 21.9. The molecule has 0 aliphatic heterocycles. The first-order valence-electron chi connectivity index (χ1n) is 13.9. The third-order valence-corrected chi connectivity index (χ3v) is 8.50. The van der Waals surface area contributed by atoms with Crippen LogP contribution in [0.4, 0.5) is 17.6 Å². The highest BCUT2D eigenvalue weighted by molar-refractivity contribution is 5.91. The van der Waals surface area contributed by atoms with Crippen molar-refractivity contribution in [1.82, 2.24) is 0 Å². The summed E-state index contributed by atoms with van der Waals surface area (Å²) in [6.07, 6.45) is 13.7. The van der Waals surface area contributed by atoms with E-state index in [0.29, 0.717) is 30.4 Å². The Morgan fingerprint density at radius 2 is 1.50 bits per heavy atom. The SMILES string of the molecule is CCCCCCC[C@H]1CC[C@@H]2CC(c3c(F)cc(C(=O)Oc4cc(F)c(C#N)c(F)c4)cc3F)CC[C@H]2C1. The largest absolute Gasteiger partial charge is 0.423 e. The molecular weight excluding hydrogens is 494 g/mol. The molecule has 0 radical (unpaired) electrons. The summed E-state index contributed by atoms with van der Waals surface area (Å²) in [4.78, 5) is 12.5. The molecule has 38 heavy (non-hydrogen) atoms. The molecule has 2 saturated carbocycles. The maximum absolute atomic E-state index is 15.1. The van der Waals surface area contributed by atoms with Gasteiger partial charge in [-0.2, -0.15) is 5.26 Å². The van der Waals surface area contributed by atoms with Gasteiger partial charge in [0.2, 0.25) is 0 Å². The number of carbonyl (C=O) groups is 1. The molecule has 2 aliphatic carbocycles. The summed E-state index contributed by atoms with van der Waals surface area (Å²) in [5.74, 6) is -4.03. The number of carbonyl (C=O) groups excluding carboxylic acids is 1. The Balaban J connectivity index is 1.37. The van der Waals surface area contributed by atoms with Crippen molar-refractivity contribution in [2.75, 3.05) is 0 Å². The molecule has 0 saturated heterocycles. The maximum Gasteiger partial charge on any atom is 0.343 e. The Kier molecular flexibility index (Phi) is 9.46. The first-order chi connectivity index (χ1) is 18.3. The standard InChI is InChI=1S/C31H35F4NO2/c1-2-3-4-5-6-7-19-8-9-21-13-22(11-10-20(21)12-19)30-28(34)14-23(15-29(30)35)31(37)38-24-16-26(32)25(18-36)27(33)17-24/h14-17,19-22H,2-13H2,1H3/t19-,20-,21+,22?/m0/s1. The lowest BCUT2D eigenvalue weighted by Gasteiger charge is -2.42. The highest BCUT2D eigenvalue weighted by Crippen LogP contribution is 2.49. The van der Waals surface area contributed by atoms with Crippen molar-refractivity contribution in [3.8, 4) is 11.8 Å². The molecule has 0 bridgehead atoms. The van der Waals surface area contributed by atoms with Gasteiger partial charge in [-0.25, -0.2) is 22.4 Å². The Bertz CT molecular complexity index is 1140. The van der Waals surface area contributed by atoms with Crippen LogP contribution in [0.2, 0.25) is 0 Å². The van der Waals surface area contributed by atoms with Gasteiger partial charge in [-0.15, -0.1) is 0 Å². The zero-order valence-electron chi connectivity index (χ0n) is 21.9. The Morgan fingerprint density at radius 1 is 0.868 bits per heavy atom. The predicted molar refractivity (Wildman–Crippen MR) is 137 cm³/mol. The molecule has 0 spiro atoms. The average Bonchev–Trinajstić information content (AvgIpc) is 2.88. The van der Waals surface area contributed by atoms with E-state index in [9.17, 15) is 13.6 Å². The van der Waals surface area contributed by atoms with Crippen LogP contribution in [-0.2, 0) is 0 Å². The molecule has 4 atom stereocenters. The van der Waals surface area contributed by atoms with E-state index < -0.39 is 40.6 Å². The minimum atomic E-state index is -1.19. The highest BCUT2D eigenvalue weighted by atomic mass is 19.1. The molecule has 1 unspecified atom stereocenters. The molecule has 3 nitrogen and oxygen atoms in total. The summed E-state index contributed by atoms with van der Waals surface area (Å²) < 4.78 is 62.8. The number of nitrogens with zero attached hydrogens (tertiary/aromatic N) is 1. The number of unbranched alkanes of at least 4 members (excludes halogenated alkanes) is 4. The van der Waals surface area contributed by atoms with E-state index in [1.807, 2.05) is 0 Å². The number of hydrogen-bond acceptors (Lipinski definition) is 3. The summed E-state index contributed by atoms with van der Waals surface area (Å²) in [5, 5.41) is 8.75. The van der Waals surface area contributed by atoms with Crippen LogP contribution in [0.15, 0.2) is 24.3 Å². The molecule has 0 heterocycles. The molecule has 204 valence electrons. The van der Waals surface area contributed by atoms with Crippen molar-refractivity contribution in [2.45, 2.75) is 89.9 Å². The fourth-order valence-corrected chi connectivity index (χ4v) is 6.52. The molecule has 0 amide bonds. The minimum Gasteiger partial charge on any atom is -0.423 e. The predicted octanol–water partition coefficient (Wildman–Crippen LogP) is 8.99. The van der Waals surface area contributed by atoms with Crippen molar-refractivity contribution < 1.29 is 27.1 Å². The van der Waals surface area contributed by atoms with Gasteiger partial charge in [0.05, 0.1) is 5.56 Å². The fourth-order valence-electron chi connectivity index (χ4n) is 6.52. The first-order valence-corrected chi connectivity index (χ1v) is 13.9. The van der Waals surface area contributed by atoms with E-state index in [1.54, 1.807) is 0 Å². The molecule has 7 heteroatoms. The summed E-state index contributed by atoms with van der Waals surface area (Å²) in [6, 6.07) is 4.59. The number of ether oxygens (including phenoxy) is 1. The smallest absolute Gasteiger partial charge is 0.343 e. The van der Waals surface area contributed by atoms with Gasteiger partial charge in [0.15, 0.2) is 0 Å². The van der Waals surface area contributed by atoms with Crippen molar-refractivity contribution in [3.05, 3.63) is 64.2 Å². The lowest BCUT2D eigenvalue weighted by Crippen LogP contribution is -2.31. The summed E-state index contributed by atoms with van der Waals surface area (Å²) in [6.45, 7) is 2.23. The average molecular weight is 530 g/mol. The van der Waals surface area contributed by atoms with Crippen LogP contribution >= 0.6 is 0 Å². The van der Waals surface area contributed by atoms with Gasteiger partial charge in [-0.3, -0.25) is 0 Å². The molecule has 2 fully saturated rings. The van der Waals surface area contributed by atoms with Gasteiger partial charge in [0.1, 0.15) is 40.7 Å². The fraction of sp³-hybridized carbons (Fsp3) is 0.548. The van der Waals surface area contributed by atoms with E-state index in [0.717, 1.165) is 37.3 Å². The topological polar surface area (TPSA) is 50.1 Å². The van der Waals surface area contributed by atoms with E-state index in [4.69, 9.17) is 10.00 Å². The second kappa shape index (κ2) is 12.8. The minimum absolute atomic E-state index is 0.00788.